The summed E-state index contributed by atoms with van der Waals surface area (Å²) in [5.74, 6) is -0.561. The van der Waals surface area contributed by atoms with Crippen molar-refractivity contribution >= 4 is 21.8 Å². The summed E-state index contributed by atoms with van der Waals surface area (Å²) < 4.78 is 31.7. The van der Waals surface area contributed by atoms with E-state index < -0.39 is 22.0 Å². The number of sulfonamides is 1. The molecule has 0 aromatic heterocycles. The Labute approximate surface area is 159 Å². The molecule has 2 aliphatic rings. The van der Waals surface area contributed by atoms with Gasteiger partial charge in [0.15, 0.2) is 0 Å². The van der Waals surface area contributed by atoms with Gasteiger partial charge in [-0.05, 0) is 44.0 Å². The lowest BCUT2D eigenvalue weighted by molar-refractivity contribution is -0.136. The number of carbonyl (C=O) groups excluding carboxylic acids is 2. The van der Waals surface area contributed by atoms with Gasteiger partial charge in [0.05, 0.1) is 18.1 Å². The number of carbonyl (C=O) groups is 2. The van der Waals surface area contributed by atoms with Gasteiger partial charge in [-0.3, -0.25) is 9.59 Å². The zero-order chi connectivity index (χ0) is 19.4. The first-order valence-corrected chi connectivity index (χ1v) is 10.6. The van der Waals surface area contributed by atoms with Crippen molar-refractivity contribution in [3.05, 3.63) is 29.8 Å². The predicted octanol–water partition coefficient (Wildman–Crippen LogP) is 0.448. The van der Waals surface area contributed by atoms with Gasteiger partial charge in [0, 0.05) is 31.7 Å². The molecule has 2 aliphatic heterocycles. The first-order valence-electron chi connectivity index (χ1n) is 9.17. The number of nitrogens with zero attached hydrogens (tertiary/aromatic N) is 2. The molecular formula is C18H25N3O5S. The Morgan fingerprint density at radius 3 is 2.22 bits per heavy atom. The predicted molar refractivity (Wildman–Crippen MR) is 98.8 cm³/mol. The highest BCUT2D eigenvalue weighted by Gasteiger charge is 2.28. The van der Waals surface area contributed by atoms with Crippen molar-refractivity contribution in [1.82, 2.24) is 14.5 Å². The molecule has 2 heterocycles. The van der Waals surface area contributed by atoms with Crippen LogP contribution in [0.2, 0.25) is 0 Å². The topological polar surface area (TPSA) is 96.0 Å². The van der Waals surface area contributed by atoms with Crippen LogP contribution < -0.4 is 5.32 Å². The molecule has 2 amide bonds. The van der Waals surface area contributed by atoms with Crippen LogP contribution in [0.5, 0.6) is 0 Å². The van der Waals surface area contributed by atoms with Crippen molar-refractivity contribution in [2.75, 3.05) is 39.4 Å². The summed E-state index contributed by atoms with van der Waals surface area (Å²) in [4.78, 5) is 26.6. The Hall–Kier alpha value is -1.97. The number of ether oxygens (including phenoxy) is 1. The second-order valence-electron chi connectivity index (χ2n) is 6.77. The van der Waals surface area contributed by atoms with E-state index in [9.17, 15) is 18.0 Å². The summed E-state index contributed by atoms with van der Waals surface area (Å²) in [6, 6.07) is 5.17. The number of rotatable bonds is 5. The van der Waals surface area contributed by atoms with Gasteiger partial charge in [0.1, 0.15) is 6.04 Å². The molecule has 0 unspecified atom stereocenters. The maximum absolute atomic E-state index is 12.5. The van der Waals surface area contributed by atoms with Gasteiger partial charge < -0.3 is 15.0 Å². The highest BCUT2D eigenvalue weighted by atomic mass is 32.2. The largest absolute Gasteiger partial charge is 0.378 e. The molecule has 0 bridgehead atoms. The SMILES string of the molecule is C[C@@H](NC(=O)c1ccc(S(=O)(=O)N2CCCC2)cc1)C(=O)N1CCOCC1. The van der Waals surface area contributed by atoms with Gasteiger partial charge in [-0.25, -0.2) is 8.42 Å². The lowest BCUT2D eigenvalue weighted by Crippen LogP contribution is -2.50. The van der Waals surface area contributed by atoms with E-state index in [2.05, 4.69) is 5.32 Å². The van der Waals surface area contributed by atoms with Gasteiger partial charge in [-0.2, -0.15) is 4.31 Å². The molecule has 8 nitrogen and oxygen atoms in total. The molecule has 0 aliphatic carbocycles. The summed E-state index contributed by atoms with van der Waals surface area (Å²) in [6.45, 7) is 4.74. The van der Waals surface area contributed by atoms with Gasteiger partial charge in [0.2, 0.25) is 15.9 Å². The third-order valence-corrected chi connectivity index (χ3v) is 6.77. The van der Waals surface area contributed by atoms with Crippen molar-refractivity contribution in [2.24, 2.45) is 0 Å². The van der Waals surface area contributed by atoms with E-state index in [-0.39, 0.29) is 10.8 Å². The summed E-state index contributed by atoms with van der Waals surface area (Å²) >= 11 is 0. The van der Waals surface area contributed by atoms with E-state index in [4.69, 9.17) is 4.74 Å². The Bertz CT molecular complexity index is 782. The second kappa shape index (κ2) is 8.37. The molecule has 2 fully saturated rings. The first kappa shape index (κ1) is 19.8. The molecule has 1 atom stereocenters. The lowest BCUT2D eigenvalue weighted by atomic mass is 10.2. The fourth-order valence-electron chi connectivity index (χ4n) is 3.26. The number of hydrogen-bond donors (Lipinski definition) is 1. The van der Waals surface area contributed by atoms with Crippen LogP contribution in [0, 0.1) is 0 Å². The molecule has 2 saturated heterocycles. The fraction of sp³-hybridized carbons (Fsp3) is 0.556. The number of morpholine rings is 1. The van der Waals surface area contributed by atoms with Crippen molar-refractivity contribution < 1.29 is 22.7 Å². The molecule has 1 N–H and O–H groups in total. The van der Waals surface area contributed by atoms with E-state index in [1.54, 1.807) is 11.8 Å². The summed E-state index contributed by atoms with van der Waals surface area (Å²) in [5.41, 5.74) is 0.317. The van der Waals surface area contributed by atoms with Gasteiger partial charge >= 0.3 is 0 Å². The van der Waals surface area contributed by atoms with E-state index in [1.807, 2.05) is 0 Å². The minimum absolute atomic E-state index is 0.153. The lowest BCUT2D eigenvalue weighted by Gasteiger charge is -2.29. The molecule has 9 heteroatoms. The average Bonchev–Trinajstić information content (AvgIpc) is 3.24. The maximum Gasteiger partial charge on any atom is 0.251 e. The second-order valence-corrected chi connectivity index (χ2v) is 8.71. The Morgan fingerprint density at radius 2 is 1.63 bits per heavy atom. The zero-order valence-electron chi connectivity index (χ0n) is 15.4. The van der Waals surface area contributed by atoms with E-state index in [1.165, 1.54) is 28.6 Å². The smallest absolute Gasteiger partial charge is 0.251 e. The van der Waals surface area contributed by atoms with Crippen LogP contribution in [0.4, 0.5) is 0 Å². The maximum atomic E-state index is 12.5. The zero-order valence-corrected chi connectivity index (χ0v) is 16.2. The third kappa shape index (κ3) is 4.48. The summed E-state index contributed by atoms with van der Waals surface area (Å²) in [7, 11) is -3.50. The molecule has 148 valence electrons. The quantitative estimate of drug-likeness (QED) is 0.781. The van der Waals surface area contributed by atoms with Gasteiger partial charge in [0.25, 0.3) is 5.91 Å². The van der Waals surface area contributed by atoms with E-state index >= 15 is 0 Å². The van der Waals surface area contributed by atoms with Crippen molar-refractivity contribution in [3.63, 3.8) is 0 Å². The average molecular weight is 395 g/mol. The van der Waals surface area contributed by atoms with Crippen molar-refractivity contribution in [3.8, 4) is 0 Å². The molecule has 1 aromatic rings. The number of benzene rings is 1. The first-order chi connectivity index (χ1) is 12.9. The summed E-state index contributed by atoms with van der Waals surface area (Å²) in [5, 5.41) is 2.68. The van der Waals surface area contributed by atoms with Crippen LogP contribution >= 0.6 is 0 Å². The minimum atomic E-state index is -3.50. The Morgan fingerprint density at radius 1 is 1.04 bits per heavy atom. The fourth-order valence-corrected chi connectivity index (χ4v) is 4.77. The number of amides is 2. The van der Waals surface area contributed by atoms with Gasteiger partial charge in [-0.15, -0.1) is 0 Å². The van der Waals surface area contributed by atoms with Crippen LogP contribution in [0.1, 0.15) is 30.1 Å². The molecule has 1 aromatic carbocycles. The van der Waals surface area contributed by atoms with Crippen LogP contribution in [-0.2, 0) is 19.6 Å². The standard InChI is InChI=1S/C18H25N3O5S/c1-14(18(23)20-10-12-26-13-11-20)19-17(22)15-4-6-16(7-5-15)27(24,25)21-8-2-3-9-21/h4-7,14H,2-3,8-13H2,1H3,(H,19,22)/t14-/m1/s1. The summed E-state index contributed by atoms with van der Waals surface area (Å²) in [6.07, 6.45) is 1.74. The number of nitrogens with one attached hydrogen (secondary N) is 1. The Kier molecular flexibility index (Phi) is 6.13. The van der Waals surface area contributed by atoms with Crippen LogP contribution in [-0.4, -0.2) is 74.9 Å². The minimum Gasteiger partial charge on any atom is -0.378 e. The van der Waals surface area contributed by atoms with Gasteiger partial charge in [-0.1, -0.05) is 0 Å². The molecular weight excluding hydrogens is 370 g/mol. The normalized spacial score (nSPS) is 19.7. The van der Waals surface area contributed by atoms with Crippen molar-refractivity contribution in [2.45, 2.75) is 30.7 Å². The molecule has 0 radical (unpaired) electrons. The number of hydrogen-bond acceptors (Lipinski definition) is 5. The van der Waals surface area contributed by atoms with E-state index in [0.29, 0.717) is 45.0 Å². The molecule has 0 saturated carbocycles. The van der Waals surface area contributed by atoms with Crippen LogP contribution in [0.25, 0.3) is 0 Å². The highest BCUT2D eigenvalue weighted by Crippen LogP contribution is 2.21. The highest BCUT2D eigenvalue weighted by molar-refractivity contribution is 7.89. The third-order valence-electron chi connectivity index (χ3n) is 4.86. The van der Waals surface area contributed by atoms with Crippen LogP contribution in [0.3, 0.4) is 0 Å². The molecule has 3 rings (SSSR count). The van der Waals surface area contributed by atoms with Crippen LogP contribution in [0.15, 0.2) is 29.2 Å². The molecule has 0 spiro atoms. The van der Waals surface area contributed by atoms with E-state index in [0.717, 1.165) is 12.8 Å². The monoisotopic (exact) mass is 395 g/mol. The Balaban J connectivity index is 1.62. The van der Waals surface area contributed by atoms with Crippen molar-refractivity contribution in [1.29, 1.82) is 0 Å². The molecule has 27 heavy (non-hydrogen) atoms.